The molecule has 0 saturated carbocycles. The van der Waals surface area contributed by atoms with E-state index in [9.17, 15) is 5.11 Å². The lowest BCUT2D eigenvalue weighted by molar-refractivity contribution is -0.134. The van der Waals surface area contributed by atoms with Gasteiger partial charge in [-0.15, -0.1) is 6.58 Å². The zero-order chi connectivity index (χ0) is 17.6. The zero-order valence-corrected chi connectivity index (χ0v) is 15.8. The Hall–Kier alpha value is -0.420. The van der Waals surface area contributed by atoms with E-state index in [4.69, 9.17) is 14.2 Å². The summed E-state index contributed by atoms with van der Waals surface area (Å²) in [5, 5.41) is 9.86. The van der Waals surface area contributed by atoms with Gasteiger partial charge in [0.15, 0.2) is 0 Å². The third-order valence-corrected chi connectivity index (χ3v) is 4.86. The first-order valence-electron chi connectivity index (χ1n) is 9.79. The highest BCUT2D eigenvalue weighted by Gasteiger charge is 2.34. The molecule has 1 N–H and O–H groups in total. The molecular formula is C20H38O4. The van der Waals surface area contributed by atoms with Crippen molar-refractivity contribution >= 4 is 0 Å². The van der Waals surface area contributed by atoms with Crippen molar-refractivity contribution in [3.63, 3.8) is 0 Å². The van der Waals surface area contributed by atoms with E-state index < -0.39 is 6.10 Å². The van der Waals surface area contributed by atoms with Gasteiger partial charge in [-0.3, -0.25) is 0 Å². The van der Waals surface area contributed by atoms with E-state index in [0.717, 1.165) is 25.7 Å². The van der Waals surface area contributed by atoms with E-state index >= 15 is 0 Å². The molecule has 0 aromatic rings. The first kappa shape index (κ1) is 21.6. The third kappa shape index (κ3) is 8.61. The second-order valence-corrected chi connectivity index (χ2v) is 6.89. The molecule has 1 aliphatic heterocycles. The zero-order valence-electron chi connectivity index (χ0n) is 15.8. The van der Waals surface area contributed by atoms with Crippen molar-refractivity contribution in [2.24, 2.45) is 0 Å². The van der Waals surface area contributed by atoms with Crippen LogP contribution < -0.4 is 0 Å². The molecule has 0 aromatic heterocycles. The normalized spacial score (nSPS) is 23.3. The number of aliphatic hydroxyl groups is 1. The molecule has 0 unspecified atom stereocenters. The fraction of sp³-hybridized carbons (Fsp3) is 0.900. The molecule has 0 spiro atoms. The molecule has 0 aromatic carbocycles. The molecule has 1 fully saturated rings. The van der Waals surface area contributed by atoms with E-state index in [1.54, 1.807) is 13.2 Å². The van der Waals surface area contributed by atoms with Crippen LogP contribution in [0.2, 0.25) is 0 Å². The lowest BCUT2D eigenvalue weighted by atomic mass is 10.0. The maximum Gasteiger partial charge on any atom is 0.146 e. The van der Waals surface area contributed by atoms with Gasteiger partial charge in [0.25, 0.3) is 0 Å². The SMILES string of the molecule is C=C[C@H](O)[C@@H]1CC[C@H]([C@H](CCCCCCCCCC)OCOC)O1. The molecule has 24 heavy (non-hydrogen) atoms. The van der Waals surface area contributed by atoms with Crippen LogP contribution in [0.15, 0.2) is 12.7 Å². The van der Waals surface area contributed by atoms with Gasteiger partial charge in [0.1, 0.15) is 6.79 Å². The van der Waals surface area contributed by atoms with Crippen molar-refractivity contribution in [3.05, 3.63) is 12.7 Å². The van der Waals surface area contributed by atoms with Crippen LogP contribution in [0.5, 0.6) is 0 Å². The van der Waals surface area contributed by atoms with Crippen molar-refractivity contribution in [1.82, 2.24) is 0 Å². The van der Waals surface area contributed by atoms with Crippen LogP contribution >= 0.6 is 0 Å². The van der Waals surface area contributed by atoms with Crippen molar-refractivity contribution in [3.8, 4) is 0 Å². The summed E-state index contributed by atoms with van der Waals surface area (Å²) in [5.41, 5.74) is 0. The minimum absolute atomic E-state index is 0.0595. The average molecular weight is 343 g/mol. The first-order valence-corrected chi connectivity index (χ1v) is 9.79. The molecular weight excluding hydrogens is 304 g/mol. The smallest absolute Gasteiger partial charge is 0.146 e. The van der Waals surface area contributed by atoms with Crippen LogP contribution in [0.1, 0.15) is 77.6 Å². The van der Waals surface area contributed by atoms with Crippen molar-refractivity contribution in [2.45, 2.75) is 102 Å². The average Bonchev–Trinajstić information content (AvgIpc) is 3.09. The Labute approximate surface area is 148 Å². The number of hydrogen-bond donors (Lipinski definition) is 1. The Morgan fingerprint density at radius 2 is 1.71 bits per heavy atom. The highest BCUT2D eigenvalue weighted by Crippen LogP contribution is 2.28. The summed E-state index contributed by atoms with van der Waals surface area (Å²) in [7, 11) is 1.65. The molecule has 1 saturated heterocycles. The molecule has 0 amide bonds. The van der Waals surface area contributed by atoms with Gasteiger partial charge >= 0.3 is 0 Å². The van der Waals surface area contributed by atoms with Crippen LogP contribution in [-0.4, -0.2) is 43.4 Å². The quantitative estimate of drug-likeness (QED) is 0.268. The molecule has 4 atom stereocenters. The lowest BCUT2D eigenvalue weighted by Gasteiger charge is -2.25. The van der Waals surface area contributed by atoms with E-state index in [1.165, 1.54) is 44.9 Å². The molecule has 4 nitrogen and oxygen atoms in total. The maximum absolute atomic E-state index is 9.86. The number of rotatable bonds is 15. The Morgan fingerprint density at radius 3 is 2.33 bits per heavy atom. The lowest BCUT2D eigenvalue weighted by Crippen LogP contribution is -2.32. The van der Waals surface area contributed by atoms with Crippen molar-refractivity contribution < 1.29 is 19.3 Å². The monoisotopic (exact) mass is 342 g/mol. The van der Waals surface area contributed by atoms with Crippen LogP contribution in [0.25, 0.3) is 0 Å². The van der Waals surface area contributed by atoms with E-state index in [-0.39, 0.29) is 18.3 Å². The third-order valence-electron chi connectivity index (χ3n) is 4.86. The molecule has 0 radical (unpaired) electrons. The Bertz CT molecular complexity index is 308. The summed E-state index contributed by atoms with van der Waals surface area (Å²) in [6.45, 7) is 6.20. The second kappa shape index (κ2) is 13.8. The summed E-state index contributed by atoms with van der Waals surface area (Å²) < 4.78 is 16.9. The predicted octanol–water partition coefficient (Wildman–Crippen LogP) is 4.60. The fourth-order valence-corrected chi connectivity index (χ4v) is 3.38. The van der Waals surface area contributed by atoms with E-state index in [0.29, 0.717) is 6.79 Å². The van der Waals surface area contributed by atoms with Gasteiger partial charge in [0.05, 0.1) is 24.4 Å². The van der Waals surface area contributed by atoms with Gasteiger partial charge < -0.3 is 19.3 Å². The standard InChI is InChI=1S/C20H38O4/c1-4-6-7-8-9-10-11-12-13-19(23-16-22-3)20-15-14-18(24-20)17(21)5-2/h5,17-21H,2,4,6-16H2,1,3H3/t17-,18-,19-,20+/m0/s1. The maximum atomic E-state index is 9.86. The van der Waals surface area contributed by atoms with E-state index in [2.05, 4.69) is 13.5 Å². The van der Waals surface area contributed by atoms with Gasteiger partial charge in [-0.25, -0.2) is 0 Å². The molecule has 142 valence electrons. The number of aliphatic hydroxyl groups excluding tert-OH is 1. The van der Waals surface area contributed by atoms with Crippen molar-refractivity contribution in [1.29, 1.82) is 0 Å². The topological polar surface area (TPSA) is 47.9 Å². The van der Waals surface area contributed by atoms with E-state index in [1.807, 2.05) is 0 Å². The van der Waals surface area contributed by atoms with Gasteiger partial charge in [-0.2, -0.15) is 0 Å². The Morgan fingerprint density at radius 1 is 1.08 bits per heavy atom. The summed E-state index contributed by atoms with van der Waals surface area (Å²) >= 11 is 0. The largest absolute Gasteiger partial charge is 0.386 e. The van der Waals surface area contributed by atoms with Crippen LogP contribution in [-0.2, 0) is 14.2 Å². The van der Waals surface area contributed by atoms with Crippen molar-refractivity contribution in [2.75, 3.05) is 13.9 Å². The summed E-state index contributed by atoms with van der Waals surface area (Å²) in [5.74, 6) is 0. The number of unbranched alkanes of at least 4 members (excludes halogenated alkanes) is 7. The molecule has 1 rings (SSSR count). The van der Waals surface area contributed by atoms with Crippen LogP contribution in [0.3, 0.4) is 0 Å². The first-order chi connectivity index (χ1) is 11.7. The predicted molar refractivity (Wildman–Crippen MR) is 98.1 cm³/mol. The van der Waals surface area contributed by atoms with Gasteiger partial charge in [0, 0.05) is 7.11 Å². The minimum Gasteiger partial charge on any atom is -0.386 e. The molecule has 4 heteroatoms. The summed E-state index contributed by atoms with van der Waals surface area (Å²) in [6.07, 6.45) is 14.2. The Kier molecular flexibility index (Phi) is 12.5. The Balaban J connectivity index is 2.23. The number of methoxy groups -OCH3 is 1. The van der Waals surface area contributed by atoms with Gasteiger partial charge in [-0.1, -0.05) is 64.4 Å². The summed E-state index contributed by atoms with van der Waals surface area (Å²) in [6, 6.07) is 0. The molecule has 1 heterocycles. The summed E-state index contributed by atoms with van der Waals surface area (Å²) in [4.78, 5) is 0. The van der Waals surface area contributed by atoms with Gasteiger partial charge in [-0.05, 0) is 19.3 Å². The number of hydrogen-bond acceptors (Lipinski definition) is 4. The minimum atomic E-state index is -0.582. The molecule has 1 aliphatic rings. The fourth-order valence-electron chi connectivity index (χ4n) is 3.38. The van der Waals surface area contributed by atoms with Crippen LogP contribution in [0, 0.1) is 0 Å². The molecule has 0 aliphatic carbocycles. The van der Waals surface area contributed by atoms with Gasteiger partial charge in [0.2, 0.25) is 0 Å². The highest BCUT2D eigenvalue weighted by atomic mass is 16.7. The molecule has 0 bridgehead atoms. The van der Waals surface area contributed by atoms with Crippen LogP contribution in [0.4, 0.5) is 0 Å². The highest BCUT2D eigenvalue weighted by molar-refractivity contribution is 4.91. The second-order valence-electron chi connectivity index (χ2n) is 6.89. The number of ether oxygens (including phenoxy) is 3.